The van der Waals surface area contributed by atoms with Gasteiger partial charge in [-0.1, -0.05) is 36.4 Å². The van der Waals surface area contributed by atoms with Gasteiger partial charge in [0, 0.05) is 12.1 Å². The molecule has 0 spiro atoms. The van der Waals surface area contributed by atoms with Crippen LogP contribution in [0.2, 0.25) is 0 Å². The molecule has 0 atom stereocenters. The first-order valence-corrected chi connectivity index (χ1v) is 4.30. The summed E-state index contributed by atoms with van der Waals surface area (Å²) in [5.41, 5.74) is 1.45. The predicted molar refractivity (Wildman–Crippen MR) is 54.7 cm³/mol. The normalized spacial score (nSPS) is 10.6. The van der Waals surface area contributed by atoms with Crippen LogP contribution in [-0.2, 0) is 0 Å². The SMILES string of the molecule is [c]1ccccc1N=Nc1[c]cccc1. The van der Waals surface area contributed by atoms with Crippen LogP contribution in [0, 0.1) is 12.1 Å². The van der Waals surface area contributed by atoms with Crippen LogP contribution in [0.15, 0.2) is 58.8 Å². The molecule has 0 saturated carbocycles. The highest BCUT2D eigenvalue weighted by Gasteiger charge is 1.87. The first kappa shape index (κ1) is 8.63. The van der Waals surface area contributed by atoms with Crippen molar-refractivity contribution in [3.8, 4) is 0 Å². The maximum atomic E-state index is 4.01. The van der Waals surface area contributed by atoms with Gasteiger partial charge >= 0.3 is 0 Å². The fraction of sp³-hybridized carbons (Fsp3) is 0. The van der Waals surface area contributed by atoms with Crippen molar-refractivity contribution in [2.75, 3.05) is 0 Å². The highest BCUT2D eigenvalue weighted by Crippen LogP contribution is 2.15. The topological polar surface area (TPSA) is 24.7 Å². The van der Waals surface area contributed by atoms with E-state index in [0.717, 1.165) is 11.4 Å². The lowest BCUT2D eigenvalue weighted by Crippen LogP contribution is -1.63. The molecule has 0 unspecified atom stereocenters. The molecule has 0 heterocycles. The van der Waals surface area contributed by atoms with Crippen LogP contribution < -0.4 is 0 Å². The molecular formula is C12H8N2. The van der Waals surface area contributed by atoms with E-state index in [2.05, 4.69) is 22.4 Å². The zero-order valence-electron chi connectivity index (χ0n) is 7.51. The maximum Gasteiger partial charge on any atom is 0.0936 e. The van der Waals surface area contributed by atoms with Crippen LogP contribution in [0.3, 0.4) is 0 Å². The summed E-state index contributed by atoms with van der Waals surface area (Å²) in [4.78, 5) is 0. The van der Waals surface area contributed by atoms with Gasteiger partial charge in [-0.05, 0) is 12.1 Å². The van der Waals surface area contributed by atoms with Crippen LogP contribution in [0.25, 0.3) is 0 Å². The number of benzene rings is 2. The smallest absolute Gasteiger partial charge is 0.0936 e. The molecule has 0 aliphatic carbocycles. The second-order valence-corrected chi connectivity index (χ2v) is 2.70. The zero-order chi connectivity index (χ0) is 9.64. The lowest BCUT2D eigenvalue weighted by atomic mass is 10.3. The second-order valence-electron chi connectivity index (χ2n) is 2.70. The zero-order valence-corrected chi connectivity index (χ0v) is 7.51. The monoisotopic (exact) mass is 180 g/mol. The summed E-state index contributed by atoms with van der Waals surface area (Å²) in [6.45, 7) is 0. The van der Waals surface area contributed by atoms with Gasteiger partial charge in [0.1, 0.15) is 0 Å². The Bertz CT molecular complexity index is 365. The van der Waals surface area contributed by atoms with E-state index >= 15 is 0 Å². The summed E-state index contributed by atoms with van der Waals surface area (Å²) in [6.07, 6.45) is 0. The molecule has 2 rings (SSSR count). The predicted octanol–water partition coefficient (Wildman–Crippen LogP) is 3.70. The number of hydrogen-bond acceptors (Lipinski definition) is 2. The van der Waals surface area contributed by atoms with Crippen LogP contribution in [0.1, 0.15) is 0 Å². The van der Waals surface area contributed by atoms with Gasteiger partial charge in [0.05, 0.1) is 11.4 Å². The number of azo groups is 1. The van der Waals surface area contributed by atoms with Crippen molar-refractivity contribution in [1.29, 1.82) is 0 Å². The molecule has 0 amide bonds. The Hall–Kier alpha value is -1.96. The largest absolute Gasteiger partial charge is 0.150 e. The molecule has 2 aromatic carbocycles. The fourth-order valence-corrected chi connectivity index (χ4v) is 1.000. The van der Waals surface area contributed by atoms with Gasteiger partial charge in [0.15, 0.2) is 0 Å². The Morgan fingerprint density at radius 1 is 0.714 bits per heavy atom. The van der Waals surface area contributed by atoms with Gasteiger partial charge in [-0.3, -0.25) is 0 Å². The molecule has 0 aliphatic rings. The van der Waals surface area contributed by atoms with Crippen molar-refractivity contribution in [2.45, 2.75) is 0 Å². The molecule has 0 aromatic heterocycles. The average Bonchev–Trinajstić information content (AvgIpc) is 2.29. The van der Waals surface area contributed by atoms with Crippen LogP contribution >= 0.6 is 0 Å². The van der Waals surface area contributed by atoms with Crippen molar-refractivity contribution in [3.05, 3.63) is 60.7 Å². The van der Waals surface area contributed by atoms with Crippen LogP contribution in [0.5, 0.6) is 0 Å². The molecule has 0 fully saturated rings. The van der Waals surface area contributed by atoms with Crippen molar-refractivity contribution in [3.63, 3.8) is 0 Å². The highest BCUT2D eigenvalue weighted by molar-refractivity contribution is 5.37. The van der Waals surface area contributed by atoms with E-state index in [0.29, 0.717) is 0 Å². The summed E-state index contributed by atoms with van der Waals surface area (Å²) in [7, 11) is 0. The molecule has 2 heteroatoms. The van der Waals surface area contributed by atoms with Gasteiger partial charge in [-0.15, -0.1) is 10.2 Å². The molecule has 66 valence electrons. The third-order valence-electron chi connectivity index (χ3n) is 1.65. The Labute approximate surface area is 82.9 Å². The minimum atomic E-state index is 0.727. The highest BCUT2D eigenvalue weighted by atomic mass is 15.1. The lowest BCUT2D eigenvalue weighted by Gasteiger charge is -1.90. The maximum absolute atomic E-state index is 4.01. The molecule has 2 radical (unpaired) electrons. The standard InChI is InChI=1S/C12H8N2/c1-3-7-11(8-4-1)13-14-12-9-5-2-6-10-12/h1-7,9H. The summed E-state index contributed by atoms with van der Waals surface area (Å²) in [5, 5.41) is 8.03. The molecule has 0 N–H and O–H groups in total. The van der Waals surface area contributed by atoms with E-state index in [9.17, 15) is 0 Å². The molecule has 2 nitrogen and oxygen atoms in total. The quantitative estimate of drug-likeness (QED) is 0.629. The summed E-state index contributed by atoms with van der Waals surface area (Å²) < 4.78 is 0. The third-order valence-corrected chi connectivity index (χ3v) is 1.65. The van der Waals surface area contributed by atoms with E-state index < -0.39 is 0 Å². The van der Waals surface area contributed by atoms with E-state index in [-0.39, 0.29) is 0 Å². The van der Waals surface area contributed by atoms with Crippen molar-refractivity contribution in [2.24, 2.45) is 10.2 Å². The average molecular weight is 180 g/mol. The van der Waals surface area contributed by atoms with Crippen LogP contribution in [0.4, 0.5) is 11.4 Å². The van der Waals surface area contributed by atoms with Gasteiger partial charge in [-0.25, -0.2) is 0 Å². The van der Waals surface area contributed by atoms with E-state index in [1.807, 2.05) is 48.5 Å². The minimum Gasteiger partial charge on any atom is -0.150 e. The number of nitrogens with zero attached hydrogens (tertiary/aromatic N) is 2. The minimum absolute atomic E-state index is 0.727. The molecule has 0 bridgehead atoms. The first-order chi connectivity index (χ1) is 6.95. The third kappa shape index (κ3) is 2.26. The van der Waals surface area contributed by atoms with E-state index in [4.69, 9.17) is 0 Å². The van der Waals surface area contributed by atoms with Gasteiger partial charge in [-0.2, -0.15) is 0 Å². The Kier molecular flexibility index (Phi) is 2.67. The van der Waals surface area contributed by atoms with E-state index in [1.165, 1.54) is 0 Å². The summed E-state index contributed by atoms with van der Waals surface area (Å²) >= 11 is 0. The van der Waals surface area contributed by atoms with Gasteiger partial charge in [0.25, 0.3) is 0 Å². The van der Waals surface area contributed by atoms with E-state index in [1.54, 1.807) is 0 Å². The van der Waals surface area contributed by atoms with Gasteiger partial charge < -0.3 is 0 Å². The van der Waals surface area contributed by atoms with Crippen molar-refractivity contribution < 1.29 is 0 Å². The van der Waals surface area contributed by atoms with Gasteiger partial charge in [0.2, 0.25) is 0 Å². The molecule has 0 saturated heterocycles. The number of rotatable bonds is 2. The molecular weight excluding hydrogens is 172 g/mol. The molecule has 14 heavy (non-hydrogen) atoms. The summed E-state index contributed by atoms with van der Waals surface area (Å²) in [5.74, 6) is 0. The fourth-order valence-electron chi connectivity index (χ4n) is 1.000. The van der Waals surface area contributed by atoms with Crippen LogP contribution in [-0.4, -0.2) is 0 Å². The molecule has 2 aromatic rings. The Morgan fingerprint density at radius 3 is 1.57 bits per heavy atom. The second kappa shape index (κ2) is 4.33. The molecule has 0 aliphatic heterocycles. The van der Waals surface area contributed by atoms with Crippen molar-refractivity contribution >= 4 is 11.4 Å². The van der Waals surface area contributed by atoms with Crippen molar-refractivity contribution in [1.82, 2.24) is 0 Å². The number of hydrogen-bond donors (Lipinski definition) is 0. The summed E-state index contributed by atoms with van der Waals surface area (Å²) in [6, 6.07) is 20.9. The Balaban J connectivity index is 2.16. The lowest BCUT2D eigenvalue weighted by molar-refractivity contribution is 1.23. The Morgan fingerprint density at radius 2 is 1.21 bits per heavy atom. The first-order valence-electron chi connectivity index (χ1n) is 4.30.